The van der Waals surface area contributed by atoms with Gasteiger partial charge in [-0.15, -0.1) is 12.4 Å². The number of nitrogens with two attached hydrogens (primary N) is 1. The molecule has 1 heterocycles. The quantitative estimate of drug-likeness (QED) is 0.819. The molecule has 0 aliphatic carbocycles. The minimum Gasteiger partial charge on any atom is -0.327 e. The van der Waals surface area contributed by atoms with E-state index < -0.39 is 9.84 Å². The second-order valence-corrected chi connectivity index (χ2v) is 7.17. The fraction of sp³-hybridized carbons (Fsp3) is 1.00. The molecule has 1 aliphatic rings. The number of nitrogens with zero attached hydrogens (tertiary/aromatic N) is 1. The van der Waals surface area contributed by atoms with Crippen LogP contribution in [0, 0.1) is 0 Å². The van der Waals surface area contributed by atoms with Gasteiger partial charge < -0.3 is 5.73 Å². The zero-order valence-electron chi connectivity index (χ0n) is 10.8. The molecular formula is C11H25ClN2O2S. The smallest absolute Gasteiger partial charge is 0.151 e. The van der Waals surface area contributed by atoms with E-state index in [0.29, 0.717) is 12.6 Å². The maximum Gasteiger partial charge on any atom is 0.151 e. The first-order valence-electron chi connectivity index (χ1n) is 6.16. The van der Waals surface area contributed by atoms with Crippen LogP contribution in [0.5, 0.6) is 0 Å². The lowest BCUT2D eigenvalue weighted by Crippen LogP contribution is -2.50. The molecule has 17 heavy (non-hydrogen) atoms. The summed E-state index contributed by atoms with van der Waals surface area (Å²) in [5.74, 6) is 0.510. The van der Waals surface area contributed by atoms with Crippen LogP contribution in [0.1, 0.15) is 33.1 Å². The molecule has 1 rings (SSSR count). The molecule has 6 heteroatoms. The summed E-state index contributed by atoms with van der Waals surface area (Å²) in [5, 5.41) is 0. The van der Waals surface area contributed by atoms with Crippen molar-refractivity contribution in [3.63, 3.8) is 0 Å². The molecule has 0 aromatic rings. The minimum absolute atomic E-state index is 0. The van der Waals surface area contributed by atoms with Crippen LogP contribution in [-0.4, -0.2) is 50.0 Å². The van der Waals surface area contributed by atoms with Crippen LogP contribution in [-0.2, 0) is 9.84 Å². The molecule has 0 saturated carbocycles. The molecular weight excluding hydrogens is 260 g/mol. The highest BCUT2D eigenvalue weighted by Crippen LogP contribution is 2.18. The van der Waals surface area contributed by atoms with E-state index in [4.69, 9.17) is 5.73 Å². The summed E-state index contributed by atoms with van der Waals surface area (Å²) in [7, 11) is -2.85. The summed E-state index contributed by atoms with van der Waals surface area (Å²) in [6.45, 7) is 5.35. The van der Waals surface area contributed by atoms with Crippen molar-refractivity contribution in [3.8, 4) is 0 Å². The van der Waals surface area contributed by atoms with Crippen LogP contribution in [0.2, 0.25) is 0 Å². The predicted octanol–water partition coefficient (Wildman–Crippen LogP) is 1.04. The molecule has 1 aliphatic heterocycles. The van der Waals surface area contributed by atoms with E-state index in [2.05, 4.69) is 4.90 Å². The number of piperidine rings is 1. The molecule has 0 spiro atoms. The molecule has 0 aromatic carbocycles. The molecule has 0 bridgehead atoms. The maximum absolute atomic E-state index is 11.5. The van der Waals surface area contributed by atoms with Gasteiger partial charge in [0.15, 0.2) is 9.84 Å². The fourth-order valence-corrected chi connectivity index (χ4v) is 3.09. The van der Waals surface area contributed by atoms with Crippen molar-refractivity contribution >= 4 is 22.2 Å². The van der Waals surface area contributed by atoms with E-state index in [1.54, 1.807) is 6.92 Å². The lowest BCUT2D eigenvalue weighted by molar-refractivity contribution is 0.139. The SMILES string of the molecule is CCS(=O)(=O)CCN1CCCCC1C(C)N.Cl. The summed E-state index contributed by atoms with van der Waals surface area (Å²) in [5.41, 5.74) is 5.94. The van der Waals surface area contributed by atoms with Gasteiger partial charge in [0.1, 0.15) is 0 Å². The molecule has 2 unspecified atom stereocenters. The van der Waals surface area contributed by atoms with E-state index in [0.717, 1.165) is 19.4 Å². The van der Waals surface area contributed by atoms with Crippen molar-refractivity contribution in [3.05, 3.63) is 0 Å². The Morgan fingerprint density at radius 2 is 2.06 bits per heavy atom. The van der Waals surface area contributed by atoms with E-state index >= 15 is 0 Å². The second-order valence-electron chi connectivity index (χ2n) is 4.69. The Bertz CT molecular complexity index is 307. The third-order valence-corrected chi connectivity index (χ3v) is 5.08. The summed E-state index contributed by atoms with van der Waals surface area (Å²) in [6, 6.07) is 0.491. The Kier molecular flexibility index (Phi) is 7.63. The van der Waals surface area contributed by atoms with Gasteiger partial charge in [0.25, 0.3) is 0 Å². The fourth-order valence-electron chi connectivity index (χ4n) is 2.29. The Morgan fingerprint density at radius 3 is 2.59 bits per heavy atom. The monoisotopic (exact) mass is 284 g/mol. The Hall–Kier alpha value is 0.160. The number of rotatable bonds is 5. The van der Waals surface area contributed by atoms with Gasteiger partial charge in [-0.2, -0.15) is 0 Å². The van der Waals surface area contributed by atoms with Gasteiger partial charge in [-0.25, -0.2) is 8.42 Å². The van der Waals surface area contributed by atoms with E-state index in [9.17, 15) is 8.42 Å². The Balaban J connectivity index is 0.00000256. The van der Waals surface area contributed by atoms with Crippen LogP contribution >= 0.6 is 12.4 Å². The van der Waals surface area contributed by atoms with Gasteiger partial charge in [0, 0.05) is 24.4 Å². The minimum atomic E-state index is -2.85. The normalized spacial score (nSPS) is 24.1. The molecule has 1 saturated heterocycles. The molecule has 4 nitrogen and oxygen atoms in total. The van der Waals surface area contributed by atoms with E-state index in [1.165, 1.54) is 6.42 Å². The highest BCUT2D eigenvalue weighted by atomic mass is 35.5. The largest absolute Gasteiger partial charge is 0.327 e. The number of sulfone groups is 1. The summed E-state index contributed by atoms with van der Waals surface area (Å²) < 4.78 is 22.9. The molecule has 104 valence electrons. The third kappa shape index (κ3) is 5.55. The van der Waals surface area contributed by atoms with Crippen molar-refractivity contribution in [1.29, 1.82) is 0 Å². The van der Waals surface area contributed by atoms with Crippen LogP contribution < -0.4 is 5.73 Å². The number of halogens is 1. The number of likely N-dealkylation sites (tertiary alicyclic amines) is 1. The average Bonchev–Trinajstić information content (AvgIpc) is 2.27. The van der Waals surface area contributed by atoms with Gasteiger partial charge in [0.2, 0.25) is 0 Å². The summed E-state index contributed by atoms with van der Waals surface area (Å²) in [4.78, 5) is 2.25. The predicted molar refractivity (Wildman–Crippen MR) is 74.4 cm³/mol. The summed E-state index contributed by atoms with van der Waals surface area (Å²) in [6.07, 6.45) is 3.47. The zero-order valence-corrected chi connectivity index (χ0v) is 12.4. The maximum atomic E-state index is 11.5. The van der Waals surface area contributed by atoms with Crippen molar-refractivity contribution in [2.45, 2.75) is 45.2 Å². The topological polar surface area (TPSA) is 63.4 Å². The van der Waals surface area contributed by atoms with E-state index in [1.807, 2.05) is 6.92 Å². The molecule has 2 N–H and O–H groups in total. The third-order valence-electron chi connectivity index (χ3n) is 3.40. The first-order valence-corrected chi connectivity index (χ1v) is 7.98. The van der Waals surface area contributed by atoms with Crippen molar-refractivity contribution in [2.24, 2.45) is 5.73 Å². The highest BCUT2D eigenvalue weighted by molar-refractivity contribution is 7.91. The van der Waals surface area contributed by atoms with Crippen LogP contribution in [0.3, 0.4) is 0 Å². The zero-order chi connectivity index (χ0) is 12.2. The molecule has 0 aromatic heterocycles. The van der Waals surface area contributed by atoms with Gasteiger partial charge in [-0.3, -0.25) is 4.90 Å². The lowest BCUT2D eigenvalue weighted by Gasteiger charge is -2.37. The molecule has 2 atom stereocenters. The highest BCUT2D eigenvalue weighted by Gasteiger charge is 2.25. The van der Waals surface area contributed by atoms with Crippen LogP contribution in [0.25, 0.3) is 0 Å². The average molecular weight is 285 g/mol. The summed E-state index contributed by atoms with van der Waals surface area (Å²) >= 11 is 0. The Labute approximate surface area is 111 Å². The van der Waals surface area contributed by atoms with Crippen molar-refractivity contribution in [1.82, 2.24) is 4.90 Å². The van der Waals surface area contributed by atoms with Gasteiger partial charge >= 0.3 is 0 Å². The van der Waals surface area contributed by atoms with Crippen molar-refractivity contribution < 1.29 is 8.42 Å². The Morgan fingerprint density at radius 1 is 1.41 bits per heavy atom. The standard InChI is InChI=1S/C11H24N2O2S.ClH/c1-3-16(14,15)9-8-13-7-5-4-6-11(13)10(2)12;/h10-11H,3-9,12H2,1-2H3;1H. The number of hydrogen-bond acceptors (Lipinski definition) is 4. The van der Waals surface area contributed by atoms with E-state index in [-0.39, 0.29) is 30.0 Å². The van der Waals surface area contributed by atoms with Gasteiger partial charge in [-0.05, 0) is 26.3 Å². The molecule has 0 radical (unpaired) electrons. The molecule has 1 fully saturated rings. The van der Waals surface area contributed by atoms with Crippen molar-refractivity contribution in [2.75, 3.05) is 24.6 Å². The van der Waals surface area contributed by atoms with Gasteiger partial charge in [0.05, 0.1) is 5.75 Å². The van der Waals surface area contributed by atoms with Gasteiger partial charge in [-0.1, -0.05) is 13.3 Å². The first kappa shape index (κ1) is 17.2. The lowest BCUT2D eigenvalue weighted by atomic mass is 9.97. The second kappa shape index (κ2) is 7.56. The first-order chi connectivity index (χ1) is 7.46. The van der Waals surface area contributed by atoms with Crippen LogP contribution in [0.15, 0.2) is 0 Å². The number of hydrogen-bond donors (Lipinski definition) is 1. The molecule has 0 amide bonds. The van der Waals surface area contributed by atoms with Crippen LogP contribution in [0.4, 0.5) is 0 Å².